The molecule has 2 aromatic rings. The molecule has 0 N–H and O–H groups in total. The molecule has 0 aliphatic carbocycles. The first-order valence-electron chi connectivity index (χ1n) is 5.46. The van der Waals surface area contributed by atoms with Gasteiger partial charge in [-0.05, 0) is 30.7 Å². The second-order valence-corrected chi connectivity index (χ2v) is 2.98. The fraction of sp³-hybridized carbons (Fsp3) is 0.214. The van der Waals surface area contributed by atoms with Gasteiger partial charge in [0.2, 0.25) is 0 Å². The molecular weight excluding hydrogens is 220 g/mol. The normalized spacial score (nSPS) is 8.29. The molecule has 0 saturated carbocycles. The van der Waals surface area contributed by atoms with Gasteiger partial charge in [-0.3, -0.25) is 4.98 Å². The molecule has 1 heterocycles. The molecule has 0 aliphatic heterocycles. The number of hydrogen-bond donors (Lipinski definition) is 0. The third kappa shape index (κ3) is 8.08. The summed E-state index contributed by atoms with van der Waals surface area (Å²) in [6, 6.07) is 9.38. The summed E-state index contributed by atoms with van der Waals surface area (Å²) >= 11 is 0. The molecule has 0 bridgehead atoms. The van der Waals surface area contributed by atoms with Crippen LogP contribution in [-0.4, -0.2) is 4.98 Å². The minimum atomic E-state index is -0.273. The lowest BCUT2D eigenvalue weighted by molar-refractivity contribution is 0.620. The molecule has 0 saturated heterocycles. The molecule has 1 nitrogen and oxygen atoms in total. The lowest BCUT2D eigenvalue weighted by atomic mass is 10.3. The standard InChI is InChI=1S/C6H6FN.C6H5F.C2H6/c1-5-2-6(7)4-8-3-5;7-6-4-2-1-3-5-6;1-2/h2-4H,1H3;1-5H;1-2H3. The third-order valence-corrected chi connectivity index (χ3v) is 1.57. The van der Waals surface area contributed by atoms with Crippen LogP contribution in [0.25, 0.3) is 0 Å². The SMILES string of the molecule is CC.Cc1cncc(F)c1.Fc1ccccc1. The summed E-state index contributed by atoms with van der Waals surface area (Å²) in [5.74, 6) is -0.451. The fourth-order valence-corrected chi connectivity index (χ4v) is 0.933. The third-order valence-electron chi connectivity index (χ3n) is 1.57. The highest BCUT2D eigenvalue weighted by atomic mass is 19.1. The lowest BCUT2D eigenvalue weighted by Crippen LogP contribution is -1.77. The van der Waals surface area contributed by atoms with Gasteiger partial charge in [0, 0.05) is 6.20 Å². The Bertz CT molecular complexity index is 385. The highest BCUT2D eigenvalue weighted by Crippen LogP contribution is 1.96. The average Bonchev–Trinajstić information content (AvgIpc) is 2.33. The van der Waals surface area contributed by atoms with Gasteiger partial charge in [-0.15, -0.1) is 0 Å². The molecule has 0 aliphatic rings. The van der Waals surface area contributed by atoms with E-state index in [1.807, 2.05) is 13.8 Å². The second kappa shape index (κ2) is 9.46. The largest absolute Gasteiger partial charge is 0.261 e. The number of benzene rings is 1. The van der Waals surface area contributed by atoms with Crippen molar-refractivity contribution in [3.8, 4) is 0 Å². The Labute approximate surface area is 101 Å². The molecule has 2 rings (SSSR count). The first-order chi connectivity index (χ1) is 8.18. The van der Waals surface area contributed by atoms with Crippen molar-refractivity contribution >= 4 is 0 Å². The van der Waals surface area contributed by atoms with Crippen LogP contribution in [0.3, 0.4) is 0 Å². The van der Waals surface area contributed by atoms with Crippen molar-refractivity contribution in [3.63, 3.8) is 0 Å². The number of pyridine rings is 1. The van der Waals surface area contributed by atoms with Gasteiger partial charge < -0.3 is 0 Å². The molecule has 92 valence electrons. The van der Waals surface area contributed by atoms with Gasteiger partial charge in [0.1, 0.15) is 11.6 Å². The Balaban J connectivity index is 0.000000265. The van der Waals surface area contributed by atoms with E-state index in [0.717, 1.165) is 5.56 Å². The van der Waals surface area contributed by atoms with Gasteiger partial charge in [0.25, 0.3) is 0 Å². The molecular formula is C14H17F2N. The number of nitrogens with zero attached hydrogens (tertiary/aromatic N) is 1. The molecule has 0 spiro atoms. The van der Waals surface area contributed by atoms with Crippen LogP contribution in [0.4, 0.5) is 8.78 Å². The van der Waals surface area contributed by atoms with Crippen molar-refractivity contribution in [2.24, 2.45) is 0 Å². The van der Waals surface area contributed by atoms with Crippen LogP contribution in [0.5, 0.6) is 0 Å². The molecule has 0 atom stereocenters. The Hall–Kier alpha value is -1.77. The van der Waals surface area contributed by atoms with Crippen molar-refractivity contribution in [1.82, 2.24) is 4.98 Å². The monoisotopic (exact) mass is 237 g/mol. The zero-order chi connectivity index (χ0) is 13.1. The Morgan fingerprint density at radius 2 is 1.47 bits per heavy atom. The summed E-state index contributed by atoms with van der Waals surface area (Å²) in [4.78, 5) is 3.61. The van der Waals surface area contributed by atoms with Crippen LogP contribution in [0.1, 0.15) is 19.4 Å². The van der Waals surface area contributed by atoms with Crippen molar-refractivity contribution in [1.29, 1.82) is 0 Å². The van der Waals surface area contributed by atoms with E-state index >= 15 is 0 Å². The van der Waals surface area contributed by atoms with Crippen molar-refractivity contribution < 1.29 is 8.78 Å². The molecule has 0 fully saturated rings. The Morgan fingerprint density at radius 1 is 0.882 bits per heavy atom. The van der Waals surface area contributed by atoms with Crippen LogP contribution in [0.15, 0.2) is 48.8 Å². The smallest absolute Gasteiger partial charge is 0.141 e. The maximum atomic E-state index is 12.1. The molecule has 0 amide bonds. The summed E-state index contributed by atoms with van der Waals surface area (Å²) in [6.45, 7) is 5.80. The molecule has 0 radical (unpaired) electrons. The first kappa shape index (κ1) is 15.2. The quantitative estimate of drug-likeness (QED) is 0.662. The molecule has 0 unspecified atom stereocenters. The highest BCUT2D eigenvalue weighted by molar-refractivity contribution is 5.06. The minimum absolute atomic E-state index is 0.178. The van der Waals surface area contributed by atoms with E-state index in [9.17, 15) is 8.78 Å². The molecule has 3 heteroatoms. The summed E-state index contributed by atoms with van der Waals surface area (Å²) in [6.07, 6.45) is 2.80. The number of rotatable bonds is 0. The van der Waals surface area contributed by atoms with Gasteiger partial charge in [0.05, 0.1) is 6.20 Å². The van der Waals surface area contributed by atoms with E-state index in [-0.39, 0.29) is 11.6 Å². The minimum Gasteiger partial charge on any atom is -0.261 e. The molecule has 1 aromatic carbocycles. The Morgan fingerprint density at radius 3 is 1.76 bits per heavy atom. The van der Waals surface area contributed by atoms with Crippen LogP contribution in [0, 0.1) is 18.6 Å². The second-order valence-electron chi connectivity index (χ2n) is 2.98. The molecule has 17 heavy (non-hydrogen) atoms. The molecule has 1 aromatic heterocycles. The van der Waals surface area contributed by atoms with Gasteiger partial charge in [-0.1, -0.05) is 32.0 Å². The fourth-order valence-electron chi connectivity index (χ4n) is 0.933. The predicted molar refractivity (Wildman–Crippen MR) is 66.7 cm³/mol. The summed E-state index contributed by atoms with van der Waals surface area (Å²) < 4.78 is 24.0. The van der Waals surface area contributed by atoms with Crippen molar-refractivity contribution in [3.05, 3.63) is 66.0 Å². The topological polar surface area (TPSA) is 12.9 Å². The predicted octanol–water partition coefficient (Wildman–Crippen LogP) is 4.38. The Kier molecular flexibility index (Phi) is 8.47. The van der Waals surface area contributed by atoms with Gasteiger partial charge in [-0.2, -0.15) is 0 Å². The maximum absolute atomic E-state index is 12.1. The van der Waals surface area contributed by atoms with Crippen LogP contribution < -0.4 is 0 Å². The van der Waals surface area contributed by atoms with Crippen molar-refractivity contribution in [2.75, 3.05) is 0 Å². The first-order valence-corrected chi connectivity index (χ1v) is 5.46. The number of halogens is 2. The maximum Gasteiger partial charge on any atom is 0.141 e. The van der Waals surface area contributed by atoms with Crippen molar-refractivity contribution in [2.45, 2.75) is 20.8 Å². The zero-order valence-electron chi connectivity index (χ0n) is 10.3. The van der Waals surface area contributed by atoms with Crippen LogP contribution >= 0.6 is 0 Å². The van der Waals surface area contributed by atoms with Crippen LogP contribution in [-0.2, 0) is 0 Å². The summed E-state index contributed by atoms with van der Waals surface area (Å²) in [5.41, 5.74) is 0.852. The number of hydrogen-bond acceptors (Lipinski definition) is 1. The lowest BCUT2D eigenvalue weighted by Gasteiger charge is -1.86. The zero-order valence-corrected chi connectivity index (χ0v) is 10.3. The van der Waals surface area contributed by atoms with E-state index in [1.165, 1.54) is 24.4 Å². The van der Waals surface area contributed by atoms with Gasteiger partial charge >= 0.3 is 0 Å². The van der Waals surface area contributed by atoms with E-state index in [0.29, 0.717) is 0 Å². The highest BCUT2D eigenvalue weighted by Gasteiger charge is 1.86. The summed E-state index contributed by atoms with van der Waals surface area (Å²) in [5, 5.41) is 0. The van der Waals surface area contributed by atoms with E-state index in [4.69, 9.17) is 0 Å². The summed E-state index contributed by atoms with van der Waals surface area (Å²) in [7, 11) is 0. The number of aryl methyl sites for hydroxylation is 1. The number of aromatic nitrogens is 1. The van der Waals surface area contributed by atoms with Gasteiger partial charge in [0.15, 0.2) is 0 Å². The van der Waals surface area contributed by atoms with E-state index in [1.54, 1.807) is 31.3 Å². The average molecular weight is 237 g/mol. The van der Waals surface area contributed by atoms with Gasteiger partial charge in [-0.25, -0.2) is 8.78 Å². The van der Waals surface area contributed by atoms with E-state index < -0.39 is 0 Å². The van der Waals surface area contributed by atoms with E-state index in [2.05, 4.69) is 4.98 Å². The van der Waals surface area contributed by atoms with Crippen LogP contribution in [0.2, 0.25) is 0 Å².